The molecule has 1 atom stereocenters. The summed E-state index contributed by atoms with van der Waals surface area (Å²) in [6, 6.07) is 4.80. The van der Waals surface area contributed by atoms with Crippen LogP contribution in [0.3, 0.4) is 0 Å². The van der Waals surface area contributed by atoms with Crippen molar-refractivity contribution in [3.63, 3.8) is 0 Å². The molecule has 0 radical (unpaired) electrons. The molecular weight excluding hydrogens is 288 g/mol. The van der Waals surface area contributed by atoms with Crippen LogP contribution in [0, 0.1) is 6.92 Å². The van der Waals surface area contributed by atoms with E-state index in [0.717, 1.165) is 29.4 Å². The molecule has 5 heteroatoms. The first kappa shape index (κ1) is 12.6. The third-order valence-electron chi connectivity index (χ3n) is 3.77. The fourth-order valence-electron chi connectivity index (χ4n) is 2.80. The molecular formula is C15H16N2OS2. The summed E-state index contributed by atoms with van der Waals surface area (Å²) in [5.74, 6) is 1.01. The lowest BCUT2D eigenvalue weighted by molar-refractivity contribution is 0.280. The molecule has 3 aromatic rings. The number of benzene rings is 1. The number of thiophene rings is 1. The maximum absolute atomic E-state index is 6.10. The number of hydrogen-bond acceptors (Lipinski definition) is 5. The van der Waals surface area contributed by atoms with Crippen molar-refractivity contribution < 1.29 is 4.74 Å². The van der Waals surface area contributed by atoms with Gasteiger partial charge in [-0.1, -0.05) is 0 Å². The third kappa shape index (κ3) is 2.10. The van der Waals surface area contributed by atoms with Crippen molar-refractivity contribution in [2.24, 2.45) is 0 Å². The molecule has 1 aliphatic heterocycles. The van der Waals surface area contributed by atoms with Crippen LogP contribution in [0.2, 0.25) is 0 Å². The van der Waals surface area contributed by atoms with Gasteiger partial charge in [-0.25, -0.2) is 4.98 Å². The number of aryl methyl sites for hydroxylation is 1. The van der Waals surface area contributed by atoms with Crippen molar-refractivity contribution >= 4 is 43.0 Å². The minimum absolute atomic E-state index is 0.502. The second-order valence-electron chi connectivity index (χ2n) is 5.22. The normalized spacial score (nSPS) is 19.1. The van der Waals surface area contributed by atoms with Crippen LogP contribution in [0.25, 0.3) is 20.3 Å². The van der Waals surface area contributed by atoms with E-state index in [0.29, 0.717) is 6.04 Å². The molecule has 2 aromatic heterocycles. The van der Waals surface area contributed by atoms with Gasteiger partial charge < -0.3 is 10.1 Å². The predicted molar refractivity (Wildman–Crippen MR) is 86.3 cm³/mol. The van der Waals surface area contributed by atoms with Gasteiger partial charge in [0.05, 0.1) is 19.9 Å². The number of rotatable bonds is 3. The summed E-state index contributed by atoms with van der Waals surface area (Å²) >= 11 is 3.49. The van der Waals surface area contributed by atoms with Crippen molar-refractivity contribution in [1.29, 1.82) is 0 Å². The molecule has 4 rings (SSSR count). The van der Waals surface area contributed by atoms with Gasteiger partial charge in [-0.15, -0.1) is 22.7 Å². The van der Waals surface area contributed by atoms with E-state index >= 15 is 0 Å². The van der Waals surface area contributed by atoms with Crippen LogP contribution < -0.4 is 10.1 Å². The standard InChI is InChI=1S/C15H16N2OS2/c1-9-17-14-13(20-9)7-12(11-4-6-19-15(11)14)18-8-10-3-2-5-16-10/h4,6-7,10,16H,2-3,5,8H2,1H3/t10-/m0/s1. The molecule has 20 heavy (non-hydrogen) atoms. The molecule has 104 valence electrons. The molecule has 0 amide bonds. The Kier molecular flexibility index (Phi) is 3.13. The summed E-state index contributed by atoms with van der Waals surface area (Å²) in [6.45, 7) is 3.94. The molecule has 3 nitrogen and oxygen atoms in total. The van der Waals surface area contributed by atoms with Crippen molar-refractivity contribution in [2.45, 2.75) is 25.8 Å². The molecule has 0 unspecified atom stereocenters. The maximum Gasteiger partial charge on any atom is 0.129 e. The van der Waals surface area contributed by atoms with Crippen molar-refractivity contribution in [2.75, 3.05) is 13.2 Å². The fourth-order valence-corrected chi connectivity index (χ4v) is 4.63. The monoisotopic (exact) mass is 304 g/mol. The molecule has 0 bridgehead atoms. The average Bonchev–Trinajstić information content (AvgIpc) is 3.15. The third-order valence-corrected chi connectivity index (χ3v) is 5.61. The van der Waals surface area contributed by atoms with Crippen LogP contribution in [0.5, 0.6) is 5.75 Å². The van der Waals surface area contributed by atoms with Crippen LogP contribution in [-0.2, 0) is 0 Å². The molecule has 1 N–H and O–H groups in total. The molecule has 1 saturated heterocycles. The van der Waals surface area contributed by atoms with Gasteiger partial charge in [0, 0.05) is 17.5 Å². The van der Waals surface area contributed by atoms with Crippen LogP contribution in [0.15, 0.2) is 17.5 Å². The van der Waals surface area contributed by atoms with Crippen molar-refractivity contribution in [3.8, 4) is 5.75 Å². The number of ether oxygens (including phenoxy) is 1. The van der Waals surface area contributed by atoms with E-state index in [9.17, 15) is 0 Å². The summed E-state index contributed by atoms with van der Waals surface area (Å²) in [5.41, 5.74) is 1.13. The van der Waals surface area contributed by atoms with Crippen LogP contribution in [0.4, 0.5) is 0 Å². The Balaban J connectivity index is 1.74. The minimum Gasteiger partial charge on any atom is -0.491 e. The molecule has 1 aliphatic rings. The highest BCUT2D eigenvalue weighted by molar-refractivity contribution is 7.21. The summed E-state index contributed by atoms with van der Waals surface area (Å²) in [6.07, 6.45) is 2.48. The lowest BCUT2D eigenvalue weighted by Crippen LogP contribution is -2.28. The number of nitrogens with zero attached hydrogens (tertiary/aromatic N) is 1. The lowest BCUT2D eigenvalue weighted by atomic mass is 10.2. The number of nitrogens with one attached hydrogen (secondary N) is 1. The van der Waals surface area contributed by atoms with Gasteiger partial charge in [0.1, 0.15) is 12.4 Å². The second-order valence-corrected chi connectivity index (χ2v) is 7.37. The van der Waals surface area contributed by atoms with E-state index in [1.165, 1.54) is 27.6 Å². The zero-order valence-corrected chi connectivity index (χ0v) is 12.9. The Morgan fingerprint density at radius 3 is 3.30 bits per heavy atom. The highest BCUT2D eigenvalue weighted by Gasteiger charge is 2.17. The first-order valence-electron chi connectivity index (χ1n) is 6.95. The van der Waals surface area contributed by atoms with Crippen molar-refractivity contribution in [1.82, 2.24) is 10.3 Å². The molecule has 0 spiro atoms. The minimum atomic E-state index is 0.502. The Bertz CT molecular complexity index is 756. The second kappa shape index (κ2) is 4.98. The zero-order chi connectivity index (χ0) is 13.5. The molecule has 3 heterocycles. The van der Waals surface area contributed by atoms with E-state index in [4.69, 9.17) is 4.74 Å². The van der Waals surface area contributed by atoms with Gasteiger partial charge in [0.15, 0.2) is 0 Å². The quantitative estimate of drug-likeness (QED) is 0.795. The van der Waals surface area contributed by atoms with E-state index < -0.39 is 0 Å². The number of fused-ring (bicyclic) bond motifs is 3. The fraction of sp³-hybridized carbons (Fsp3) is 0.400. The van der Waals surface area contributed by atoms with Gasteiger partial charge >= 0.3 is 0 Å². The van der Waals surface area contributed by atoms with E-state index in [1.54, 1.807) is 22.7 Å². The summed E-state index contributed by atoms with van der Waals surface area (Å²) < 4.78 is 8.58. The number of thiazole rings is 1. The highest BCUT2D eigenvalue weighted by atomic mass is 32.1. The van der Waals surface area contributed by atoms with Gasteiger partial charge in [-0.2, -0.15) is 0 Å². The maximum atomic E-state index is 6.10. The van der Waals surface area contributed by atoms with Gasteiger partial charge in [0.2, 0.25) is 0 Å². The van der Waals surface area contributed by atoms with E-state index in [2.05, 4.69) is 34.7 Å². The van der Waals surface area contributed by atoms with Crippen LogP contribution in [0.1, 0.15) is 17.8 Å². The SMILES string of the molecule is Cc1nc2c(cc(OC[C@@H]3CCCN3)c3ccsc32)s1. The number of aromatic nitrogens is 1. The Labute approximate surface area is 125 Å². The summed E-state index contributed by atoms with van der Waals surface area (Å²) in [4.78, 5) is 4.65. The van der Waals surface area contributed by atoms with Gasteiger partial charge in [-0.3, -0.25) is 0 Å². The average molecular weight is 304 g/mol. The van der Waals surface area contributed by atoms with E-state index in [-0.39, 0.29) is 0 Å². The van der Waals surface area contributed by atoms with Crippen LogP contribution >= 0.6 is 22.7 Å². The first-order chi connectivity index (χ1) is 9.81. The lowest BCUT2D eigenvalue weighted by Gasteiger charge is -2.13. The molecule has 1 fully saturated rings. The Morgan fingerprint density at radius 1 is 1.50 bits per heavy atom. The van der Waals surface area contributed by atoms with Gasteiger partial charge in [0.25, 0.3) is 0 Å². The van der Waals surface area contributed by atoms with Crippen molar-refractivity contribution in [3.05, 3.63) is 22.5 Å². The van der Waals surface area contributed by atoms with Gasteiger partial charge in [-0.05, 0) is 37.8 Å². The topological polar surface area (TPSA) is 34.1 Å². The Morgan fingerprint density at radius 2 is 2.45 bits per heavy atom. The summed E-state index contributed by atoms with van der Waals surface area (Å²) in [7, 11) is 0. The largest absolute Gasteiger partial charge is 0.491 e. The summed E-state index contributed by atoms with van der Waals surface area (Å²) in [5, 5.41) is 7.92. The molecule has 0 aliphatic carbocycles. The first-order valence-corrected chi connectivity index (χ1v) is 8.64. The molecule has 0 saturated carbocycles. The van der Waals surface area contributed by atoms with E-state index in [1.807, 2.05) is 0 Å². The number of hydrogen-bond donors (Lipinski definition) is 1. The Hall–Kier alpha value is -1.17. The predicted octanol–water partition coefficient (Wildman–Crippen LogP) is 3.95. The zero-order valence-electron chi connectivity index (χ0n) is 11.3. The molecule has 1 aromatic carbocycles. The highest BCUT2D eigenvalue weighted by Crippen LogP contribution is 2.38. The smallest absolute Gasteiger partial charge is 0.129 e. The van der Waals surface area contributed by atoms with Crippen LogP contribution in [-0.4, -0.2) is 24.2 Å².